The van der Waals surface area contributed by atoms with E-state index in [0.29, 0.717) is 5.92 Å². The molecule has 2 N–H and O–H groups in total. The molecule has 0 spiro atoms. The summed E-state index contributed by atoms with van der Waals surface area (Å²) >= 11 is 5.68. The number of nitrogens with zero attached hydrogens (tertiary/aromatic N) is 2. The third-order valence-electron chi connectivity index (χ3n) is 4.31. The second-order valence-electron chi connectivity index (χ2n) is 6.22. The van der Waals surface area contributed by atoms with Crippen LogP contribution in [0.2, 0.25) is 5.02 Å². The molecule has 5 nitrogen and oxygen atoms in total. The number of rotatable bonds is 7. The van der Waals surface area contributed by atoms with E-state index in [2.05, 4.69) is 10.3 Å². The van der Waals surface area contributed by atoms with Crippen LogP contribution in [-0.4, -0.2) is 46.1 Å². The van der Waals surface area contributed by atoms with Crippen LogP contribution in [0.25, 0.3) is 0 Å². The van der Waals surface area contributed by atoms with Gasteiger partial charge in [0.15, 0.2) is 11.6 Å². The molecular weight excluding hydrogens is 309 g/mol. The molecule has 0 saturated heterocycles. The summed E-state index contributed by atoms with van der Waals surface area (Å²) in [7, 11) is 0. The number of halogens is 2. The molecule has 3 rings (SSSR count). The Balaban J connectivity index is 1.52. The van der Waals surface area contributed by atoms with Crippen LogP contribution in [0.5, 0.6) is 0 Å². The molecule has 2 fully saturated rings. The van der Waals surface area contributed by atoms with Crippen LogP contribution in [0.4, 0.5) is 10.2 Å². The molecular formula is C15H19ClFN3O2. The molecule has 2 aliphatic carbocycles. The van der Waals surface area contributed by atoms with Crippen LogP contribution in [0.3, 0.4) is 0 Å². The fraction of sp³-hybridized carbons (Fsp3) is 0.600. The van der Waals surface area contributed by atoms with Crippen molar-refractivity contribution >= 4 is 23.4 Å². The average Bonchev–Trinajstić information content (AvgIpc) is 3.18. The molecule has 0 unspecified atom stereocenters. The van der Waals surface area contributed by atoms with Gasteiger partial charge in [0.2, 0.25) is 0 Å². The van der Waals surface area contributed by atoms with Gasteiger partial charge in [0.1, 0.15) is 0 Å². The van der Waals surface area contributed by atoms with E-state index in [-0.39, 0.29) is 29.5 Å². The van der Waals surface area contributed by atoms with Crippen molar-refractivity contribution in [2.24, 2.45) is 5.92 Å². The van der Waals surface area contributed by atoms with Crippen molar-refractivity contribution in [3.63, 3.8) is 0 Å². The summed E-state index contributed by atoms with van der Waals surface area (Å²) in [6.07, 6.45) is 5.43. The normalized spacial score (nSPS) is 24.1. The quantitative estimate of drug-likeness (QED) is 0.806. The highest BCUT2D eigenvalue weighted by atomic mass is 35.5. The molecule has 0 bridgehead atoms. The number of carboxylic acid groups (broad SMARTS) is 1. The monoisotopic (exact) mass is 327 g/mol. The minimum atomic E-state index is -0.789. The minimum Gasteiger partial charge on any atom is -0.480 e. The van der Waals surface area contributed by atoms with Gasteiger partial charge in [-0.15, -0.1) is 0 Å². The average molecular weight is 328 g/mol. The number of aromatic nitrogens is 1. The third-order valence-corrected chi connectivity index (χ3v) is 4.51. The first kappa shape index (κ1) is 15.5. The zero-order valence-corrected chi connectivity index (χ0v) is 12.9. The molecule has 0 radical (unpaired) electrons. The topological polar surface area (TPSA) is 65.5 Å². The summed E-state index contributed by atoms with van der Waals surface area (Å²) in [4.78, 5) is 17.0. The van der Waals surface area contributed by atoms with Crippen molar-refractivity contribution in [2.75, 3.05) is 18.4 Å². The summed E-state index contributed by atoms with van der Waals surface area (Å²) in [5.74, 6) is -0.389. The Labute approximate surface area is 133 Å². The Bertz CT molecular complexity index is 562. The Kier molecular flexibility index (Phi) is 4.49. The number of hydrogen-bond donors (Lipinski definition) is 2. The zero-order valence-electron chi connectivity index (χ0n) is 12.1. The predicted molar refractivity (Wildman–Crippen MR) is 81.6 cm³/mol. The maximum absolute atomic E-state index is 13.7. The first-order valence-electron chi connectivity index (χ1n) is 7.54. The zero-order chi connectivity index (χ0) is 15.7. The summed E-state index contributed by atoms with van der Waals surface area (Å²) in [5.41, 5.74) is 0. The lowest BCUT2D eigenvalue weighted by Gasteiger charge is -2.43. The van der Waals surface area contributed by atoms with Crippen LogP contribution >= 0.6 is 11.6 Å². The Hall–Kier alpha value is -1.40. The largest absolute Gasteiger partial charge is 0.480 e. The highest BCUT2D eigenvalue weighted by Crippen LogP contribution is 2.34. The smallest absolute Gasteiger partial charge is 0.317 e. The number of hydrogen-bond acceptors (Lipinski definition) is 4. The molecule has 22 heavy (non-hydrogen) atoms. The van der Waals surface area contributed by atoms with Gasteiger partial charge in [0.25, 0.3) is 0 Å². The Morgan fingerprint density at radius 3 is 2.82 bits per heavy atom. The van der Waals surface area contributed by atoms with Crippen LogP contribution in [0, 0.1) is 11.7 Å². The van der Waals surface area contributed by atoms with Crippen LogP contribution in [0.15, 0.2) is 12.3 Å². The van der Waals surface area contributed by atoms with Gasteiger partial charge in [0, 0.05) is 24.8 Å². The van der Waals surface area contributed by atoms with Gasteiger partial charge in [-0.05, 0) is 37.7 Å². The van der Waals surface area contributed by atoms with E-state index in [4.69, 9.17) is 16.7 Å². The fourth-order valence-electron chi connectivity index (χ4n) is 2.87. The van der Waals surface area contributed by atoms with E-state index in [0.717, 1.165) is 19.4 Å². The molecule has 2 saturated carbocycles. The summed E-state index contributed by atoms with van der Waals surface area (Å²) < 4.78 is 13.7. The third kappa shape index (κ3) is 3.87. The second kappa shape index (κ2) is 6.38. The van der Waals surface area contributed by atoms with E-state index in [1.165, 1.54) is 25.1 Å². The number of nitrogens with one attached hydrogen (secondary N) is 1. The summed E-state index contributed by atoms with van der Waals surface area (Å²) in [6, 6.07) is 1.62. The molecule has 0 aromatic carbocycles. The van der Waals surface area contributed by atoms with E-state index >= 15 is 0 Å². The SMILES string of the molecule is O=C(O)CN(CC1CC1)C1CC(Nc2ncc(Cl)cc2F)C1. The number of carbonyl (C=O) groups is 1. The lowest BCUT2D eigenvalue weighted by atomic mass is 9.85. The van der Waals surface area contributed by atoms with E-state index in [1.54, 1.807) is 0 Å². The standard InChI is InChI=1S/C15H19ClFN3O2/c16-10-3-13(17)15(18-6-10)19-11-4-12(5-11)20(8-14(21)22)7-9-1-2-9/h3,6,9,11-12H,1-2,4-5,7-8H2,(H,18,19)(H,21,22). The predicted octanol–water partition coefficient (Wildman–Crippen LogP) is 2.61. The fourth-order valence-corrected chi connectivity index (χ4v) is 3.01. The van der Waals surface area contributed by atoms with Gasteiger partial charge in [-0.25, -0.2) is 9.37 Å². The molecule has 1 aromatic rings. The van der Waals surface area contributed by atoms with Gasteiger partial charge in [0.05, 0.1) is 11.6 Å². The first-order chi connectivity index (χ1) is 10.5. The first-order valence-corrected chi connectivity index (χ1v) is 7.92. The van der Waals surface area contributed by atoms with Crippen LogP contribution < -0.4 is 5.32 Å². The second-order valence-corrected chi connectivity index (χ2v) is 6.65. The van der Waals surface area contributed by atoms with Crippen molar-refractivity contribution in [1.29, 1.82) is 0 Å². The van der Waals surface area contributed by atoms with Crippen molar-refractivity contribution in [3.8, 4) is 0 Å². The van der Waals surface area contributed by atoms with Crippen molar-refractivity contribution in [3.05, 3.63) is 23.1 Å². The van der Waals surface area contributed by atoms with Crippen LogP contribution in [0.1, 0.15) is 25.7 Å². The maximum Gasteiger partial charge on any atom is 0.317 e. The molecule has 1 aromatic heterocycles. The lowest BCUT2D eigenvalue weighted by Crippen LogP contribution is -2.52. The molecule has 120 valence electrons. The molecule has 1 heterocycles. The molecule has 0 aliphatic heterocycles. The number of carboxylic acids is 1. The highest BCUT2D eigenvalue weighted by Gasteiger charge is 2.37. The van der Waals surface area contributed by atoms with Crippen molar-refractivity contribution < 1.29 is 14.3 Å². The van der Waals surface area contributed by atoms with E-state index < -0.39 is 11.8 Å². The highest BCUT2D eigenvalue weighted by molar-refractivity contribution is 6.30. The molecule has 0 atom stereocenters. The van der Waals surface area contributed by atoms with E-state index in [1.807, 2.05) is 4.90 Å². The van der Waals surface area contributed by atoms with Crippen molar-refractivity contribution in [1.82, 2.24) is 9.88 Å². The van der Waals surface area contributed by atoms with Gasteiger partial charge in [-0.2, -0.15) is 0 Å². The van der Waals surface area contributed by atoms with Gasteiger partial charge in [-0.1, -0.05) is 11.6 Å². The van der Waals surface area contributed by atoms with E-state index in [9.17, 15) is 9.18 Å². The number of aliphatic carboxylic acids is 1. The molecule has 0 amide bonds. The van der Waals surface area contributed by atoms with Gasteiger partial charge in [-0.3, -0.25) is 9.69 Å². The molecule has 2 aliphatic rings. The maximum atomic E-state index is 13.7. The van der Waals surface area contributed by atoms with Crippen LogP contribution in [-0.2, 0) is 4.79 Å². The van der Waals surface area contributed by atoms with Crippen molar-refractivity contribution in [2.45, 2.75) is 37.8 Å². The number of anilines is 1. The molecule has 7 heteroatoms. The minimum absolute atomic E-state index is 0.0848. The van der Waals surface area contributed by atoms with Gasteiger partial charge >= 0.3 is 5.97 Å². The Morgan fingerprint density at radius 1 is 1.50 bits per heavy atom. The summed E-state index contributed by atoms with van der Waals surface area (Å²) in [5, 5.41) is 12.4. The number of pyridine rings is 1. The lowest BCUT2D eigenvalue weighted by molar-refractivity contribution is -0.139. The van der Waals surface area contributed by atoms with Gasteiger partial charge < -0.3 is 10.4 Å². The Morgan fingerprint density at radius 2 is 2.23 bits per heavy atom. The summed E-state index contributed by atoms with van der Waals surface area (Å²) in [6.45, 7) is 0.943.